The largest absolute Gasteiger partial charge is 0.497 e. The van der Waals surface area contributed by atoms with Gasteiger partial charge in [0, 0.05) is 0 Å². The van der Waals surface area contributed by atoms with E-state index in [9.17, 15) is 16.8 Å². The average molecular weight is 425 g/mol. The van der Waals surface area contributed by atoms with E-state index < -0.39 is 35.6 Å². The number of sulfone groups is 2. The summed E-state index contributed by atoms with van der Waals surface area (Å²) in [5.41, 5.74) is 9.77. The van der Waals surface area contributed by atoms with Crippen LogP contribution in [0.1, 0.15) is 31.2 Å². The van der Waals surface area contributed by atoms with Crippen molar-refractivity contribution in [2.45, 2.75) is 25.7 Å². The number of allylic oxidation sites excluding steroid dienone is 1. The van der Waals surface area contributed by atoms with Crippen LogP contribution < -0.4 is 4.74 Å². The van der Waals surface area contributed by atoms with Crippen molar-refractivity contribution in [2.24, 2.45) is 5.92 Å². The van der Waals surface area contributed by atoms with Crippen molar-refractivity contribution < 1.29 is 26.4 Å². The van der Waals surface area contributed by atoms with E-state index in [0.29, 0.717) is 11.7 Å². The van der Waals surface area contributed by atoms with Crippen LogP contribution in [0.4, 0.5) is 0 Å². The number of benzene rings is 1. The fourth-order valence-corrected chi connectivity index (χ4v) is 6.21. The van der Waals surface area contributed by atoms with Gasteiger partial charge in [-0.15, -0.1) is 4.79 Å². The van der Waals surface area contributed by atoms with Gasteiger partial charge in [-0.2, -0.15) is 0 Å². The van der Waals surface area contributed by atoms with Gasteiger partial charge in [0.25, 0.3) is 19.7 Å². The first kappa shape index (κ1) is 22.1. The van der Waals surface area contributed by atoms with Crippen LogP contribution in [-0.2, 0) is 19.7 Å². The summed E-state index contributed by atoms with van der Waals surface area (Å²) in [7, 11) is -7.01. The third kappa shape index (κ3) is 6.15. The first-order valence-electron chi connectivity index (χ1n) is 8.93. The molecule has 0 bridgehead atoms. The summed E-state index contributed by atoms with van der Waals surface area (Å²) < 4.78 is 53.2. The lowest BCUT2D eigenvalue weighted by molar-refractivity contribution is 0.00385. The maximum absolute atomic E-state index is 12.4. The summed E-state index contributed by atoms with van der Waals surface area (Å²) >= 11 is 0. The van der Waals surface area contributed by atoms with Gasteiger partial charge in [0.2, 0.25) is 0 Å². The zero-order valence-electron chi connectivity index (χ0n) is 15.7. The lowest BCUT2D eigenvalue weighted by Crippen LogP contribution is -2.29. The molecule has 1 aliphatic rings. The van der Waals surface area contributed by atoms with Crippen molar-refractivity contribution in [3.05, 3.63) is 53.6 Å². The molecular weight excluding hydrogens is 400 g/mol. The van der Waals surface area contributed by atoms with Crippen LogP contribution in [0.25, 0.3) is 11.6 Å². The quantitative estimate of drug-likeness (QED) is 0.219. The molecule has 0 radical (unpaired) electrons. The summed E-state index contributed by atoms with van der Waals surface area (Å²) in [6, 6.07) is 6.90. The van der Waals surface area contributed by atoms with E-state index in [0.717, 1.165) is 31.2 Å². The summed E-state index contributed by atoms with van der Waals surface area (Å²) in [4.78, 5) is 2.59. The minimum Gasteiger partial charge on any atom is -0.497 e. The normalized spacial score (nSPS) is 15.9. The van der Waals surface area contributed by atoms with Crippen molar-refractivity contribution in [1.29, 1.82) is 0 Å². The van der Waals surface area contributed by atoms with Crippen LogP contribution in [-0.4, -0.2) is 44.6 Å². The zero-order chi connectivity index (χ0) is 20.6. The molecule has 0 N–H and O–H groups in total. The maximum atomic E-state index is 12.4. The molecule has 1 aromatic rings. The van der Waals surface area contributed by atoms with E-state index in [1.807, 2.05) is 0 Å². The molecule has 28 heavy (non-hydrogen) atoms. The van der Waals surface area contributed by atoms with Crippen LogP contribution in [0.5, 0.6) is 5.75 Å². The van der Waals surface area contributed by atoms with Gasteiger partial charge in [0.05, 0.1) is 18.6 Å². The predicted octanol–water partition coefficient (Wildman–Crippen LogP) is 2.87. The van der Waals surface area contributed by atoms with Gasteiger partial charge in [-0.05, 0) is 36.5 Å². The number of rotatable bonds is 7. The second-order valence-electron chi connectivity index (χ2n) is 6.58. The fourth-order valence-electron chi connectivity index (χ4n) is 3.01. The molecular formula is C19H24N2O5S2. The molecule has 0 heterocycles. The Balaban J connectivity index is 2.05. The van der Waals surface area contributed by atoms with Crippen molar-refractivity contribution in [3.8, 4) is 5.75 Å². The predicted molar refractivity (Wildman–Crippen MR) is 109 cm³/mol. The Morgan fingerprint density at radius 3 is 2.18 bits per heavy atom. The maximum Gasteiger partial charge on any atom is 0.495 e. The third-order valence-corrected chi connectivity index (χ3v) is 8.49. The van der Waals surface area contributed by atoms with E-state index in [1.165, 1.54) is 19.3 Å². The highest BCUT2D eigenvalue weighted by molar-refractivity contribution is 8.31. The zero-order valence-corrected chi connectivity index (χ0v) is 17.3. The highest BCUT2D eigenvalue weighted by Crippen LogP contribution is 2.25. The minimum atomic E-state index is -4.30. The van der Waals surface area contributed by atoms with Crippen molar-refractivity contribution in [3.63, 3.8) is 0 Å². The third-order valence-electron chi connectivity index (χ3n) is 4.48. The molecule has 0 saturated heterocycles. The molecule has 0 spiro atoms. The first-order valence-corrected chi connectivity index (χ1v) is 12.2. The summed E-state index contributed by atoms with van der Waals surface area (Å²) in [6.45, 7) is 0. The molecule has 9 heteroatoms. The van der Waals surface area contributed by atoms with Crippen molar-refractivity contribution in [2.75, 3.05) is 18.6 Å². The molecule has 0 aromatic heterocycles. The van der Waals surface area contributed by atoms with Gasteiger partial charge in [-0.1, -0.05) is 49.3 Å². The number of hydrogen-bond acceptors (Lipinski definition) is 5. The van der Waals surface area contributed by atoms with E-state index in [4.69, 9.17) is 10.3 Å². The summed E-state index contributed by atoms with van der Waals surface area (Å²) in [5.74, 6) is -0.112. The topological polar surface area (TPSA) is 114 Å². The highest BCUT2D eigenvalue weighted by atomic mass is 32.3. The number of hydrogen-bond donors (Lipinski definition) is 0. The lowest BCUT2D eigenvalue weighted by Gasteiger charge is -2.01. The standard InChI is InChI=1S/C19H24N2O5S2/c1-26-18-12-10-17(11-13-18)9-5-15-28(24,25)19(21-20)27(22,23)14-4-8-16-6-2-3-7-16/h4-5,8-13,16H,2-3,6-7,14-15H2,1H3. The van der Waals surface area contributed by atoms with Crippen LogP contribution >= 0.6 is 0 Å². The molecule has 1 saturated carbocycles. The van der Waals surface area contributed by atoms with Gasteiger partial charge in [-0.25, -0.2) is 16.8 Å². The molecule has 2 rings (SSSR count). The second-order valence-corrected chi connectivity index (χ2v) is 10.7. The Morgan fingerprint density at radius 2 is 1.64 bits per heavy atom. The minimum absolute atomic E-state index is 0.328. The van der Waals surface area contributed by atoms with E-state index >= 15 is 0 Å². The summed E-state index contributed by atoms with van der Waals surface area (Å²) in [6.07, 6.45) is 10.3. The lowest BCUT2D eigenvalue weighted by atomic mass is 10.1. The monoisotopic (exact) mass is 424 g/mol. The molecule has 0 aliphatic heterocycles. The molecule has 7 nitrogen and oxygen atoms in total. The highest BCUT2D eigenvalue weighted by Gasteiger charge is 2.39. The molecule has 152 valence electrons. The number of nitrogens with zero attached hydrogens (tertiary/aromatic N) is 2. The molecule has 0 amide bonds. The number of methoxy groups -OCH3 is 1. The van der Waals surface area contributed by atoms with Crippen LogP contribution in [0, 0.1) is 5.92 Å². The van der Waals surface area contributed by atoms with Gasteiger partial charge < -0.3 is 10.3 Å². The Labute approximate surface area is 166 Å². The van der Waals surface area contributed by atoms with Gasteiger partial charge in [0.15, 0.2) is 0 Å². The molecule has 1 aromatic carbocycles. The van der Waals surface area contributed by atoms with E-state index in [2.05, 4.69) is 4.79 Å². The fraction of sp³-hybridized carbons (Fsp3) is 0.421. The molecule has 0 atom stereocenters. The molecule has 0 unspecified atom stereocenters. The number of ether oxygens (including phenoxy) is 1. The Morgan fingerprint density at radius 1 is 1.07 bits per heavy atom. The second kappa shape index (κ2) is 9.82. The van der Waals surface area contributed by atoms with Crippen LogP contribution in [0.15, 0.2) is 42.5 Å². The molecule has 1 fully saturated rings. The first-order chi connectivity index (χ1) is 13.3. The Kier molecular flexibility index (Phi) is 7.74. The SMILES string of the molecule is COc1ccc(C=CCS(=O)(=O)C(=[N+]=[N-])S(=O)(=O)CC=CC2CCCC2)cc1. The average Bonchev–Trinajstić information content (AvgIpc) is 3.15. The van der Waals surface area contributed by atoms with Gasteiger partial charge >= 0.3 is 4.38 Å². The van der Waals surface area contributed by atoms with Crippen LogP contribution in [0.2, 0.25) is 0 Å². The summed E-state index contributed by atoms with van der Waals surface area (Å²) in [5, 5.41) is 0. The van der Waals surface area contributed by atoms with Gasteiger partial charge in [0.1, 0.15) is 5.75 Å². The Bertz CT molecular complexity index is 981. The van der Waals surface area contributed by atoms with Gasteiger partial charge in [-0.3, -0.25) is 0 Å². The van der Waals surface area contributed by atoms with Crippen molar-refractivity contribution in [1.82, 2.24) is 0 Å². The smallest absolute Gasteiger partial charge is 0.495 e. The Hall–Kier alpha value is -2.22. The molecule has 1 aliphatic carbocycles. The van der Waals surface area contributed by atoms with Crippen molar-refractivity contribution >= 4 is 30.1 Å². The van der Waals surface area contributed by atoms with E-state index in [1.54, 1.807) is 36.4 Å². The van der Waals surface area contributed by atoms with Crippen LogP contribution in [0.3, 0.4) is 0 Å². The van der Waals surface area contributed by atoms with E-state index in [-0.39, 0.29) is 0 Å².